The summed E-state index contributed by atoms with van der Waals surface area (Å²) in [5, 5.41) is 2.84. The third-order valence-corrected chi connectivity index (χ3v) is 3.82. The lowest BCUT2D eigenvalue weighted by atomic mass is 9.93. The van der Waals surface area contributed by atoms with Crippen molar-refractivity contribution in [1.82, 2.24) is 5.32 Å². The van der Waals surface area contributed by atoms with E-state index >= 15 is 0 Å². The summed E-state index contributed by atoms with van der Waals surface area (Å²) in [6.45, 7) is 0.953. The van der Waals surface area contributed by atoms with Gasteiger partial charge in [-0.2, -0.15) is 0 Å². The van der Waals surface area contributed by atoms with Gasteiger partial charge in [-0.1, -0.05) is 30.3 Å². The maximum absolute atomic E-state index is 13.4. The Labute approximate surface area is 134 Å². The van der Waals surface area contributed by atoms with Crippen molar-refractivity contribution in [1.29, 1.82) is 0 Å². The SMILES string of the molecule is O=C(COc1ccccc1F)NCC1CCOc2ccccc21. The normalized spacial score (nSPS) is 16.1. The van der Waals surface area contributed by atoms with Crippen LogP contribution in [0.1, 0.15) is 17.9 Å². The molecule has 0 radical (unpaired) electrons. The van der Waals surface area contributed by atoms with Gasteiger partial charge in [0.05, 0.1) is 6.61 Å². The van der Waals surface area contributed by atoms with Gasteiger partial charge >= 0.3 is 0 Å². The Morgan fingerprint density at radius 3 is 2.87 bits per heavy atom. The molecule has 0 aromatic heterocycles. The molecular formula is C18H18FNO3. The summed E-state index contributed by atoms with van der Waals surface area (Å²) in [4.78, 5) is 11.9. The van der Waals surface area contributed by atoms with Crippen LogP contribution >= 0.6 is 0 Å². The first kappa shape index (κ1) is 15.3. The molecule has 23 heavy (non-hydrogen) atoms. The molecule has 1 aliphatic heterocycles. The van der Waals surface area contributed by atoms with Crippen LogP contribution < -0.4 is 14.8 Å². The van der Waals surface area contributed by atoms with Gasteiger partial charge in [0.25, 0.3) is 5.91 Å². The predicted molar refractivity (Wildman–Crippen MR) is 84.2 cm³/mol. The number of halogens is 1. The van der Waals surface area contributed by atoms with Gasteiger partial charge in [0, 0.05) is 12.5 Å². The lowest BCUT2D eigenvalue weighted by molar-refractivity contribution is -0.123. The molecule has 0 saturated carbocycles. The van der Waals surface area contributed by atoms with Crippen LogP contribution in [0.2, 0.25) is 0 Å². The number of hydrogen-bond acceptors (Lipinski definition) is 3. The number of benzene rings is 2. The highest BCUT2D eigenvalue weighted by molar-refractivity contribution is 5.77. The van der Waals surface area contributed by atoms with E-state index in [0.717, 1.165) is 17.7 Å². The molecule has 2 aromatic carbocycles. The van der Waals surface area contributed by atoms with Crippen LogP contribution in [0.15, 0.2) is 48.5 Å². The molecule has 1 heterocycles. The fraction of sp³-hybridized carbons (Fsp3) is 0.278. The van der Waals surface area contributed by atoms with E-state index in [-0.39, 0.29) is 24.2 Å². The van der Waals surface area contributed by atoms with Gasteiger partial charge in [-0.15, -0.1) is 0 Å². The van der Waals surface area contributed by atoms with Gasteiger partial charge in [-0.3, -0.25) is 4.79 Å². The number of rotatable bonds is 5. The topological polar surface area (TPSA) is 47.6 Å². The van der Waals surface area contributed by atoms with Crippen molar-refractivity contribution in [3.05, 3.63) is 59.9 Å². The Morgan fingerprint density at radius 1 is 1.22 bits per heavy atom. The third kappa shape index (κ3) is 3.80. The van der Waals surface area contributed by atoms with Crippen molar-refractivity contribution >= 4 is 5.91 Å². The number of para-hydroxylation sites is 2. The number of carbonyl (C=O) groups excluding carboxylic acids is 1. The standard InChI is InChI=1S/C18H18FNO3/c19-15-6-2-4-8-17(15)23-12-18(21)20-11-13-9-10-22-16-7-3-1-5-14(13)16/h1-8,13H,9-12H2,(H,20,21). The molecule has 120 valence electrons. The Morgan fingerprint density at radius 2 is 2.00 bits per heavy atom. The molecular weight excluding hydrogens is 297 g/mol. The molecule has 4 nitrogen and oxygen atoms in total. The molecule has 0 aliphatic carbocycles. The fourth-order valence-corrected chi connectivity index (χ4v) is 2.62. The predicted octanol–water partition coefficient (Wildman–Crippen LogP) is 2.89. The highest BCUT2D eigenvalue weighted by atomic mass is 19.1. The minimum atomic E-state index is -0.473. The fourth-order valence-electron chi connectivity index (χ4n) is 2.62. The summed E-state index contributed by atoms with van der Waals surface area (Å²) in [5.74, 6) is 0.438. The molecule has 0 fully saturated rings. The second-order valence-electron chi connectivity index (χ2n) is 5.40. The molecule has 1 amide bonds. The van der Waals surface area contributed by atoms with Crippen LogP contribution in [-0.4, -0.2) is 25.7 Å². The van der Waals surface area contributed by atoms with E-state index < -0.39 is 5.82 Å². The number of nitrogens with one attached hydrogen (secondary N) is 1. The van der Waals surface area contributed by atoms with Crippen LogP contribution in [-0.2, 0) is 4.79 Å². The van der Waals surface area contributed by atoms with Gasteiger partial charge in [0.2, 0.25) is 0 Å². The Hall–Kier alpha value is -2.56. The second-order valence-corrected chi connectivity index (χ2v) is 5.40. The summed E-state index contributed by atoms with van der Waals surface area (Å²) in [5.41, 5.74) is 1.11. The van der Waals surface area contributed by atoms with Crippen molar-refractivity contribution in [2.75, 3.05) is 19.8 Å². The number of amides is 1. The Kier molecular flexibility index (Phi) is 4.76. The van der Waals surface area contributed by atoms with Crippen molar-refractivity contribution < 1.29 is 18.7 Å². The summed E-state index contributed by atoms with van der Waals surface area (Å²) >= 11 is 0. The maximum Gasteiger partial charge on any atom is 0.257 e. The average molecular weight is 315 g/mol. The zero-order valence-corrected chi connectivity index (χ0v) is 12.6. The Bertz CT molecular complexity index is 689. The Balaban J connectivity index is 1.51. The van der Waals surface area contributed by atoms with Gasteiger partial charge in [-0.25, -0.2) is 4.39 Å². The summed E-state index contributed by atoms with van der Waals surface area (Å²) in [6, 6.07) is 13.9. The van der Waals surface area contributed by atoms with Gasteiger partial charge < -0.3 is 14.8 Å². The van der Waals surface area contributed by atoms with Crippen molar-refractivity contribution in [2.24, 2.45) is 0 Å². The molecule has 0 bridgehead atoms. The maximum atomic E-state index is 13.4. The summed E-state index contributed by atoms with van der Waals surface area (Å²) < 4.78 is 24.2. The zero-order valence-electron chi connectivity index (χ0n) is 12.6. The molecule has 0 spiro atoms. The highest BCUT2D eigenvalue weighted by Crippen LogP contribution is 2.32. The number of fused-ring (bicyclic) bond motifs is 1. The van der Waals surface area contributed by atoms with E-state index in [1.54, 1.807) is 12.1 Å². The van der Waals surface area contributed by atoms with Crippen LogP contribution in [0.25, 0.3) is 0 Å². The van der Waals surface area contributed by atoms with Gasteiger partial charge in [0.15, 0.2) is 18.2 Å². The second kappa shape index (κ2) is 7.13. The number of hydrogen-bond donors (Lipinski definition) is 1. The highest BCUT2D eigenvalue weighted by Gasteiger charge is 2.21. The number of carbonyl (C=O) groups is 1. The molecule has 5 heteroatoms. The minimum Gasteiger partial charge on any atom is -0.493 e. The van der Waals surface area contributed by atoms with E-state index in [1.165, 1.54) is 12.1 Å². The first-order chi connectivity index (χ1) is 11.2. The summed E-state index contributed by atoms with van der Waals surface area (Å²) in [6.07, 6.45) is 0.853. The van der Waals surface area contributed by atoms with Crippen LogP contribution in [0.4, 0.5) is 4.39 Å². The molecule has 1 unspecified atom stereocenters. The van der Waals surface area contributed by atoms with E-state index in [2.05, 4.69) is 5.32 Å². The molecule has 1 atom stereocenters. The van der Waals surface area contributed by atoms with E-state index in [4.69, 9.17) is 9.47 Å². The largest absolute Gasteiger partial charge is 0.493 e. The van der Waals surface area contributed by atoms with Crippen molar-refractivity contribution in [3.63, 3.8) is 0 Å². The van der Waals surface area contributed by atoms with Gasteiger partial charge in [-0.05, 0) is 30.2 Å². The number of ether oxygens (including phenoxy) is 2. The van der Waals surface area contributed by atoms with E-state index in [9.17, 15) is 9.18 Å². The first-order valence-corrected chi connectivity index (χ1v) is 7.60. The van der Waals surface area contributed by atoms with Crippen LogP contribution in [0, 0.1) is 5.82 Å². The lowest BCUT2D eigenvalue weighted by Crippen LogP contribution is -2.34. The monoisotopic (exact) mass is 315 g/mol. The van der Waals surface area contributed by atoms with Crippen molar-refractivity contribution in [2.45, 2.75) is 12.3 Å². The van der Waals surface area contributed by atoms with Gasteiger partial charge in [0.1, 0.15) is 5.75 Å². The molecule has 0 saturated heterocycles. The quantitative estimate of drug-likeness (QED) is 0.923. The van der Waals surface area contributed by atoms with E-state index in [1.807, 2.05) is 24.3 Å². The molecule has 1 aliphatic rings. The zero-order chi connectivity index (χ0) is 16.1. The lowest BCUT2D eigenvalue weighted by Gasteiger charge is -2.26. The average Bonchev–Trinajstić information content (AvgIpc) is 2.59. The smallest absolute Gasteiger partial charge is 0.257 e. The molecule has 3 rings (SSSR count). The van der Waals surface area contributed by atoms with Crippen molar-refractivity contribution in [3.8, 4) is 11.5 Å². The molecule has 1 N–H and O–H groups in total. The summed E-state index contributed by atoms with van der Waals surface area (Å²) in [7, 11) is 0. The minimum absolute atomic E-state index is 0.0825. The first-order valence-electron chi connectivity index (χ1n) is 7.60. The third-order valence-electron chi connectivity index (χ3n) is 3.82. The molecule has 2 aromatic rings. The van der Waals surface area contributed by atoms with Crippen LogP contribution in [0.5, 0.6) is 11.5 Å². The van der Waals surface area contributed by atoms with E-state index in [0.29, 0.717) is 13.2 Å². The van der Waals surface area contributed by atoms with Crippen LogP contribution in [0.3, 0.4) is 0 Å².